The van der Waals surface area contributed by atoms with Crippen LogP contribution in [-0.2, 0) is 5.41 Å². The molecule has 0 saturated heterocycles. The molecule has 0 spiro atoms. The van der Waals surface area contributed by atoms with Crippen LogP contribution in [0.15, 0.2) is 144 Å². The van der Waals surface area contributed by atoms with Crippen LogP contribution in [0.4, 0.5) is 0 Å². The van der Waals surface area contributed by atoms with Crippen LogP contribution in [0.25, 0.3) is 83.3 Å². The minimum atomic E-state index is -0.110. The second-order valence-corrected chi connectivity index (χ2v) is 13.0. The smallest absolute Gasteiger partial charge is 0.231 e. The monoisotopic (exact) mass is 603 g/mol. The zero-order valence-electron chi connectivity index (χ0n) is 26.0. The summed E-state index contributed by atoms with van der Waals surface area (Å²) in [5.74, 6) is 0.630. The van der Waals surface area contributed by atoms with Gasteiger partial charge in [0.1, 0.15) is 5.58 Å². The number of rotatable bonds is 3. The molecule has 9 aromatic rings. The van der Waals surface area contributed by atoms with Gasteiger partial charge in [0.15, 0.2) is 5.82 Å². The zero-order chi connectivity index (χ0) is 31.3. The molecule has 222 valence electrons. The van der Waals surface area contributed by atoms with Gasteiger partial charge in [0, 0.05) is 38.3 Å². The average molecular weight is 604 g/mol. The summed E-state index contributed by atoms with van der Waals surface area (Å²) >= 11 is 0. The van der Waals surface area contributed by atoms with E-state index in [0.29, 0.717) is 11.5 Å². The van der Waals surface area contributed by atoms with Crippen LogP contribution in [0.3, 0.4) is 0 Å². The highest BCUT2D eigenvalue weighted by Crippen LogP contribution is 2.53. The molecule has 10 rings (SSSR count). The van der Waals surface area contributed by atoms with Crippen molar-refractivity contribution in [2.24, 2.45) is 0 Å². The van der Waals surface area contributed by atoms with Gasteiger partial charge in [-0.1, -0.05) is 129 Å². The summed E-state index contributed by atoms with van der Waals surface area (Å²) in [5, 5.41) is 4.41. The number of hydrogen-bond acceptors (Lipinski definition) is 3. The van der Waals surface area contributed by atoms with Gasteiger partial charge in [0.05, 0.1) is 27.8 Å². The van der Waals surface area contributed by atoms with E-state index in [9.17, 15) is 0 Å². The average Bonchev–Trinajstić information content (AvgIpc) is 3.74. The molecule has 0 N–H and O–H groups in total. The molecule has 0 radical (unpaired) electrons. The first-order valence-electron chi connectivity index (χ1n) is 16.1. The predicted octanol–water partition coefficient (Wildman–Crippen LogP) is 11.1. The standard InChI is InChI=1S/C43H29N3O/c1-43(2)32-20-10-6-17-29(32)37-33(43)25-24-28-27-16-7-11-21-34(27)46(40(28)37)35-22-12-8-18-30(35)41-44-39(26-14-4-3-5-15-26)38-31-19-9-13-23-36(31)47-42(38)45-41/h3-25H,1-2H3. The first-order chi connectivity index (χ1) is 23.1. The van der Waals surface area contributed by atoms with Crippen LogP contribution in [0.1, 0.15) is 25.0 Å². The molecule has 0 atom stereocenters. The molecule has 0 saturated carbocycles. The zero-order valence-corrected chi connectivity index (χ0v) is 26.0. The summed E-state index contributed by atoms with van der Waals surface area (Å²) in [6.07, 6.45) is 0. The number of fused-ring (bicyclic) bond motifs is 10. The van der Waals surface area contributed by atoms with Gasteiger partial charge in [0.2, 0.25) is 5.71 Å². The Morgan fingerprint density at radius 2 is 1.28 bits per heavy atom. The number of hydrogen-bond donors (Lipinski definition) is 0. The molecule has 47 heavy (non-hydrogen) atoms. The molecule has 6 aromatic carbocycles. The van der Waals surface area contributed by atoms with E-state index < -0.39 is 0 Å². The third-order valence-corrected chi connectivity index (χ3v) is 10.1. The molecular formula is C43H29N3O. The second-order valence-electron chi connectivity index (χ2n) is 13.0. The minimum absolute atomic E-state index is 0.110. The summed E-state index contributed by atoms with van der Waals surface area (Å²) in [7, 11) is 0. The molecule has 3 aromatic heterocycles. The lowest BCUT2D eigenvalue weighted by Gasteiger charge is -2.21. The Morgan fingerprint density at radius 3 is 2.15 bits per heavy atom. The Morgan fingerprint density at radius 1 is 0.574 bits per heavy atom. The quantitative estimate of drug-likeness (QED) is 0.202. The fourth-order valence-corrected chi connectivity index (χ4v) is 7.90. The Labute approximate surface area is 271 Å². The van der Waals surface area contributed by atoms with E-state index >= 15 is 0 Å². The maximum Gasteiger partial charge on any atom is 0.231 e. The molecule has 0 amide bonds. The lowest BCUT2D eigenvalue weighted by atomic mass is 9.82. The summed E-state index contributed by atoms with van der Waals surface area (Å²) in [6, 6.07) is 49.2. The maximum atomic E-state index is 6.41. The summed E-state index contributed by atoms with van der Waals surface area (Å²) in [6.45, 7) is 4.68. The third kappa shape index (κ3) is 3.58. The molecule has 0 aliphatic heterocycles. The van der Waals surface area contributed by atoms with E-state index in [1.807, 2.05) is 24.3 Å². The molecule has 4 nitrogen and oxygen atoms in total. The molecule has 1 aliphatic rings. The number of nitrogens with zero attached hydrogens (tertiary/aromatic N) is 3. The molecule has 0 bridgehead atoms. The van der Waals surface area contributed by atoms with Gasteiger partial charge in [-0.25, -0.2) is 4.98 Å². The van der Waals surface area contributed by atoms with E-state index in [1.54, 1.807) is 0 Å². The number of para-hydroxylation sites is 3. The Hall–Kier alpha value is -6.00. The SMILES string of the molecule is CC1(C)c2ccccc2-c2c1ccc1c3ccccc3n(-c3ccccc3-c3nc(-c4ccccc4)c4c(n3)oc3ccccc34)c21. The van der Waals surface area contributed by atoms with E-state index in [1.165, 1.54) is 38.5 Å². The number of furan rings is 1. The lowest BCUT2D eigenvalue weighted by molar-refractivity contribution is 0.653. The van der Waals surface area contributed by atoms with Crippen LogP contribution in [0, 0.1) is 0 Å². The van der Waals surface area contributed by atoms with E-state index in [2.05, 4.69) is 134 Å². The van der Waals surface area contributed by atoms with Crippen LogP contribution in [0.2, 0.25) is 0 Å². The van der Waals surface area contributed by atoms with Crippen molar-refractivity contribution in [1.29, 1.82) is 0 Å². The molecule has 0 unspecified atom stereocenters. The third-order valence-electron chi connectivity index (χ3n) is 10.1. The van der Waals surface area contributed by atoms with Crippen molar-refractivity contribution < 1.29 is 4.42 Å². The fourth-order valence-electron chi connectivity index (χ4n) is 7.90. The highest BCUT2D eigenvalue weighted by atomic mass is 16.3. The summed E-state index contributed by atoms with van der Waals surface area (Å²) in [5.41, 5.74) is 12.8. The molecular weight excluding hydrogens is 574 g/mol. The normalized spacial score (nSPS) is 13.5. The Kier molecular flexibility index (Phi) is 5.31. The van der Waals surface area contributed by atoms with Gasteiger partial charge >= 0.3 is 0 Å². The van der Waals surface area contributed by atoms with Gasteiger partial charge in [0.25, 0.3) is 0 Å². The highest BCUT2D eigenvalue weighted by molar-refractivity contribution is 6.16. The largest absolute Gasteiger partial charge is 0.438 e. The van der Waals surface area contributed by atoms with Gasteiger partial charge in [-0.3, -0.25) is 0 Å². The maximum absolute atomic E-state index is 6.41. The van der Waals surface area contributed by atoms with E-state index in [0.717, 1.165) is 44.4 Å². The van der Waals surface area contributed by atoms with Gasteiger partial charge in [-0.05, 0) is 41.0 Å². The first kappa shape index (κ1) is 26.2. The van der Waals surface area contributed by atoms with Crippen LogP contribution >= 0.6 is 0 Å². The van der Waals surface area contributed by atoms with Crippen molar-refractivity contribution in [3.8, 4) is 39.5 Å². The minimum Gasteiger partial charge on any atom is -0.438 e. The lowest BCUT2D eigenvalue weighted by Crippen LogP contribution is -2.14. The Balaban J connectivity index is 1.32. The highest BCUT2D eigenvalue weighted by Gasteiger charge is 2.37. The topological polar surface area (TPSA) is 43.9 Å². The van der Waals surface area contributed by atoms with Crippen LogP contribution in [0.5, 0.6) is 0 Å². The summed E-state index contributed by atoms with van der Waals surface area (Å²) < 4.78 is 8.85. The molecule has 0 fully saturated rings. The molecule has 4 heteroatoms. The molecule has 3 heterocycles. The van der Waals surface area contributed by atoms with Crippen molar-refractivity contribution in [3.63, 3.8) is 0 Å². The second kappa shape index (κ2) is 9.51. The van der Waals surface area contributed by atoms with Crippen molar-refractivity contribution in [2.75, 3.05) is 0 Å². The van der Waals surface area contributed by atoms with Crippen LogP contribution in [-0.4, -0.2) is 14.5 Å². The van der Waals surface area contributed by atoms with Crippen molar-refractivity contribution in [1.82, 2.24) is 14.5 Å². The van der Waals surface area contributed by atoms with Gasteiger partial charge in [-0.2, -0.15) is 4.98 Å². The van der Waals surface area contributed by atoms with Crippen molar-refractivity contribution >= 4 is 43.9 Å². The van der Waals surface area contributed by atoms with Crippen molar-refractivity contribution in [2.45, 2.75) is 19.3 Å². The molecule has 1 aliphatic carbocycles. The predicted molar refractivity (Wildman–Crippen MR) is 192 cm³/mol. The van der Waals surface area contributed by atoms with Crippen molar-refractivity contribution in [3.05, 3.63) is 151 Å². The van der Waals surface area contributed by atoms with E-state index in [4.69, 9.17) is 14.4 Å². The number of aromatic nitrogens is 3. The van der Waals surface area contributed by atoms with Crippen LogP contribution < -0.4 is 0 Å². The van der Waals surface area contributed by atoms with Gasteiger partial charge < -0.3 is 8.98 Å². The first-order valence-corrected chi connectivity index (χ1v) is 16.1. The summed E-state index contributed by atoms with van der Waals surface area (Å²) in [4.78, 5) is 10.5. The Bertz CT molecular complexity index is 2710. The fraction of sp³-hybridized carbons (Fsp3) is 0.0698. The van der Waals surface area contributed by atoms with Gasteiger partial charge in [-0.15, -0.1) is 0 Å². The number of benzene rings is 6. The van der Waals surface area contributed by atoms with E-state index in [-0.39, 0.29) is 5.41 Å².